The first-order valence-electron chi connectivity index (χ1n) is 14.4. The maximum absolute atomic E-state index is 7.00. The van der Waals surface area contributed by atoms with Crippen molar-refractivity contribution in [3.8, 4) is 22.8 Å². The first kappa shape index (κ1) is 23.7. The summed E-state index contributed by atoms with van der Waals surface area (Å²) in [6.07, 6.45) is 8.19. The van der Waals surface area contributed by atoms with E-state index >= 15 is 0 Å². The fourth-order valence-corrected chi connectivity index (χ4v) is 6.94. The summed E-state index contributed by atoms with van der Waals surface area (Å²) in [5.74, 6) is 3.09. The minimum atomic E-state index is 0.126. The molecule has 1 aliphatic carbocycles. The van der Waals surface area contributed by atoms with E-state index < -0.39 is 0 Å². The predicted molar refractivity (Wildman–Crippen MR) is 161 cm³/mol. The van der Waals surface area contributed by atoms with E-state index in [-0.39, 0.29) is 5.41 Å². The quantitative estimate of drug-likeness (QED) is 0.226. The van der Waals surface area contributed by atoms with Crippen molar-refractivity contribution in [3.63, 3.8) is 0 Å². The lowest BCUT2D eigenvalue weighted by molar-refractivity contribution is 0.400. The molecule has 5 aromatic rings. The number of rotatable bonds is 3. The summed E-state index contributed by atoms with van der Waals surface area (Å²) in [5, 5.41) is 7.65. The molecule has 1 fully saturated rings. The summed E-state index contributed by atoms with van der Waals surface area (Å²) in [4.78, 5) is 5.01. The Morgan fingerprint density at radius 2 is 1.71 bits per heavy atom. The summed E-state index contributed by atoms with van der Waals surface area (Å²) >= 11 is 0. The van der Waals surface area contributed by atoms with Gasteiger partial charge in [-0.15, -0.1) is 0 Å². The fraction of sp³-hybridized carbons (Fsp3) is 0.361. The average molecular weight is 500 g/mol. The van der Waals surface area contributed by atoms with E-state index in [1.54, 1.807) is 0 Å². The number of nitrogens with zero attached hydrogens (tertiary/aromatic N) is 1. The van der Waals surface area contributed by atoms with Gasteiger partial charge in [0.15, 0.2) is 0 Å². The molecular weight excluding hydrogens is 462 g/mol. The van der Waals surface area contributed by atoms with Crippen molar-refractivity contribution in [2.24, 2.45) is 5.41 Å². The minimum Gasteiger partial charge on any atom is -0.456 e. The third-order valence-corrected chi connectivity index (χ3v) is 8.76. The van der Waals surface area contributed by atoms with Gasteiger partial charge in [0.05, 0.1) is 11.1 Å². The Labute approximate surface area is 226 Å². The van der Waals surface area contributed by atoms with E-state index in [0.717, 1.165) is 34.6 Å². The van der Waals surface area contributed by atoms with Crippen molar-refractivity contribution in [3.05, 3.63) is 77.5 Å². The first-order chi connectivity index (χ1) is 18.3. The summed E-state index contributed by atoms with van der Waals surface area (Å²) in [7, 11) is 0. The van der Waals surface area contributed by atoms with E-state index in [0.29, 0.717) is 11.8 Å². The Morgan fingerprint density at radius 3 is 2.47 bits per heavy atom. The maximum atomic E-state index is 7.00. The van der Waals surface area contributed by atoms with Crippen LogP contribution in [0.1, 0.15) is 88.8 Å². The number of pyridine rings is 1. The zero-order valence-corrected chi connectivity index (χ0v) is 23.3. The molecule has 2 heterocycles. The SMILES string of the molecule is CC(C)c1ccc2c(CC(C)(C)C)c3c(cc2c1)-c1nccc2c1c(cc1c(C4CCCC4)cccc12)O3. The lowest BCUT2D eigenvalue weighted by atomic mass is 9.82. The molecule has 0 amide bonds. The highest BCUT2D eigenvalue weighted by molar-refractivity contribution is 6.17. The largest absolute Gasteiger partial charge is 0.456 e. The van der Waals surface area contributed by atoms with E-state index in [2.05, 4.69) is 89.2 Å². The zero-order chi connectivity index (χ0) is 26.2. The predicted octanol–water partition coefficient (Wildman–Crippen LogP) is 10.7. The molecule has 192 valence electrons. The Hall–Kier alpha value is -3.39. The van der Waals surface area contributed by atoms with Crippen LogP contribution in [0.2, 0.25) is 0 Å². The summed E-state index contributed by atoms with van der Waals surface area (Å²) < 4.78 is 7.00. The van der Waals surface area contributed by atoms with Crippen LogP contribution in [0.4, 0.5) is 0 Å². The van der Waals surface area contributed by atoms with E-state index in [1.807, 2.05) is 6.20 Å². The van der Waals surface area contributed by atoms with Crippen LogP contribution in [0.15, 0.2) is 60.8 Å². The van der Waals surface area contributed by atoms with Gasteiger partial charge in [-0.2, -0.15) is 0 Å². The van der Waals surface area contributed by atoms with E-state index in [1.165, 1.54) is 69.3 Å². The monoisotopic (exact) mass is 499 g/mol. The molecule has 2 nitrogen and oxygen atoms in total. The molecule has 7 rings (SSSR count). The molecule has 38 heavy (non-hydrogen) atoms. The zero-order valence-electron chi connectivity index (χ0n) is 23.3. The highest BCUT2D eigenvalue weighted by atomic mass is 16.5. The Balaban J connectivity index is 1.54. The second-order valence-electron chi connectivity index (χ2n) is 13.1. The Kier molecular flexibility index (Phi) is 5.34. The van der Waals surface area contributed by atoms with Crippen LogP contribution >= 0.6 is 0 Å². The van der Waals surface area contributed by atoms with Crippen LogP contribution in [0.3, 0.4) is 0 Å². The molecule has 1 aliphatic heterocycles. The fourth-order valence-electron chi connectivity index (χ4n) is 6.94. The topological polar surface area (TPSA) is 22.1 Å². The molecule has 2 heteroatoms. The lowest BCUT2D eigenvalue weighted by Crippen LogP contribution is -2.12. The third kappa shape index (κ3) is 3.72. The highest BCUT2D eigenvalue weighted by Gasteiger charge is 2.29. The number of hydrogen-bond donors (Lipinski definition) is 0. The maximum Gasteiger partial charge on any atom is 0.140 e. The first-order valence-corrected chi connectivity index (χ1v) is 14.4. The molecular formula is C36H37NO. The van der Waals surface area contributed by atoms with Crippen molar-refractivity contribution in [2.45, 2.75) is 78.6 Å². The molecule has 0 N–H and O–H groups in total. The van der Waals surface area contributed by atoms with Crippen molar-refractivity contribution in [2.75, 3.05) is 0 Å². The van der Waals surface area contributed by atoms with Gasteiger partial charge in [-0.1, -0.05) is 83.9 Å². The molecule has 1 aromatic heterocycles. The molecule has 0 bridgehead atoms. The Bertz CT molecular complexity index is 1730. The van der Waals surface area contributed by atoms with Crippen LogP contribution in [0.5, 0.6) is 11.5 Å². The number of benzene rings is 4. The van der Waals surface area contributed by atoms with Crippen LogP contribution in [0, 0.1) is 5.41 Å². The average Bonchev–Trinajstić information content (AvgIpc) is 3.43. The standard InChI is InChI=1S/C36H37NO/c1-21(2)23-13-14-26-24(17-23)18-30-34-33-28(15-16-37-34)27-12-8-11-25(22-9-6-7-10-22)29(27)19-32(33)38-35(30)31(26)20-36(3,4)5/h8,11-19,21-22H,6-7,9-10,20H2,1-5H3. The van der Waals surface area contributed by atoms with Gasteiger partial charge in [0.25, 0.3) is 0 Å². The molecule has 0 unspecified atom stereocenters. The van der Waals surface area contributed by atoms with Crippen LogP contribution < -0.4 is 4.74 Å². The second-order valence-corrected chi connectivity index (χ2v) is 13.1. The van der Waals surface area contributed by atoms with E-state index in [4.69, 9.17) is 9.72 Å². The van der Waals surface area contributed by atoms with Gasteiger partial charge in [0.2, 0.25) is 0 Å². The number of aromatic nitrogens is 1. The van der Waals surface area contributed by atoms with Gasteiger partial charge in [0.1, 0.15) is 11.5 Å². The van der Waals surface area contributed by atoms with Crippen molar-refractivity contribution < 1.29 is 4.74 Å². The van der Waals surface area contributed by atoms with E-state index in [9.17, 15) is 0 Å². The smallest absolute Gasteiger partial charge is 0.140 e. The van der Waals surface area contributed by atoms with Gasteiger partial charge < -0.3 is 4.74 Å². The number of hydrogen-bond acceptors (Lipinski definition) is 2. The highest BCUT2D eigenvalue weighted by Crippen LogP contribution is 2.52. The number of fused-ring (bicyclic) bond motifs is 5. The van der Waals surface area contributed by atoms with Gasteiger partial charge in [-0.05, 0) is 92.8 Å². The van der Waals surface area contributed by atoms with Crippen molar-refractivity contribution >= 4 is 32.3 Å². The van der Waals surface area contributed by atoms with Crippen LogP contribution in [0.25, 0.3) is 43.6 Å². The van der Waals surface area contributed by atoms with Crippen LogP contribution in [-0.2, 0) is 6.42 Å². The van der Waals surface area contributed by atoms with Gasteiger partial charge in [-0.3, -0.25) is 4.98 Å². The third-order valence-electron chi connectivity index (χ3n) is 8.76. The van der Waals surface area contributed by atoms with Gasteiger partial charge in [0, 0.05) is 17.3 Å². The van der Waals surface area contributed by atoms with Gasteiger partial charge in [-0.25, -0.2) is 0 Å². The summed E-state index contributed by atoms with van der Waals surface area (Å²) in [5.41, 5.74) is 6.46. The minimum absolute atomic E-state index is 0.126. The molecule has 0 atom stereocenters. The molecule has 4 aromatic carbocycles. The molecule has 0 radical (unpaired) electrons. The van der Waals surface area contributed by atoms with Gasteiger partial charge >= 0.3 is 0 Å². The van der Waals surface area contributed by atoms with Crippen LogP contribution in [-0.4, -0.2) is 4.98 Å². The molecule has 0 spiro atoms. The van der Waals surface area contributed by atoms with Crippen molar-refractivity contribution in [1.82, 2.24) is 4.98 Å². The molecule has 1 saturated carbocycles. The van der Waals surface area contributed by atoms with Crippen molar-refractivity contribution in [1.29, 1.82) is 0 Å². The number of ether oxygens (including phenoxy) is 1. The Morgan fingerprint density at radius 1 is 0.895 bits per heavy atom. The normalized spacial score (nSPS) is 15.5. The summed E-state index contributed by atoms with van der Waals surface area (Å²) in [6.45, 7) is 11.5. The molecule has 0 saturated heterocycles. The lowest BCUT2D eigenvalue weighted by Gasteiger charge is -2.28. The second kappa shape index (κ2) is 8.56. The summed E-state index contributed by atoms with van der Waals surface area (Å²) in [6, 6.07) is 20.7. The molecule has 2 aliphatic rings.